The molecule has 4 nitrogen and oxygen atoms in total. The largest absolute Gasteiger partial charge is 0.388 e. The molecule has 1 aromatic rings. The van der Waals surface area contributed by atoms with E-state index >= 15 is 0 Å². The summed E-state index contributed by atoms with van der Waals surface area (Å²) in [6.45, 7) is 2.38. The number of aliphatic hydroxyl groups is 1. The van der Waals surface area contributed by atoms with Gasteiger partial charge < -0.3 is 20.3 Å². The number of ether oxygens (including phenoxy) is 2. The van der Waals surface area contributed by atoms with E-state index in [9.17, 15) is 5.11 Å². The van der Waals surface area contributed by atoms with E-state index in [1.165, 1.54) is 0 Å². The summed E-state index contributed by atoms with van der Waals surface area (Å²) in [5, 5.41) is 10.7. The summed E-state index contributed by atoms with van der Waals surface area (Å²) < 4.78 is 10.5. The highest BCUT2D eigenvalue weighted by atomic mass is 16.5. The second-order valence-electron chi connectivity index (χ2n) is 5.26. The molecule has 19 heavy (non-hydrogen) atoms. The monoisotopic (exact) mass is 265 g/mol. The molecule has 1 aromatic carbocycles. The van der Waals surface area contributed by atoms with Gasteiger partial charge in [0.1, 0.15) is 0 Å². The highest BCUT2D eigenvalue weighted by Gasteiger charge is 2.39. The first-order chi connectivity index (χ1) is 9.22. The molecule has 3 N–H and O–H groups in total. The molecule has 4 heteroatoms. The van der Waals surface area contributed by atoms with Gasteiger partial charge in [-0.2, -0.15) is 0 Å². The lowest BCUT2D eigenvalue weighted by atomic mass is 9.73. The second kappa shape index (κ2) is 6.48. The van der Waals surface area contributed by atoms with Gasteiger partial charge in [-0.3, -0.25) is 0 Å². The van der Waals surface area contributed by atoms with Crippen LogP contribution in [0.25, 0.3) is 0 Å². The molecule has 0 saturated carbocycles. The van der Waals surface area contributed by atoms with Gasteiger partial charge in [0.15, 0.2) is 0 Å². The van der Waals surface area contributed by atoms with Crippen LogP contribution < -0.4 is 5.73 Å². The van der Waals surface area contributed by atoms with Crippen LogP contribution >= 0.6 is 0 Å². The van der Waals surface area contributed by atoms with Gasteiger partial charge in [-0.25, -0.2) is 0 Å². The van der Waals surface area contributed by atoms with Gasteiger partial charge in [-0.15, -0.1) is 0 Å². The third-order valence-electron chi connectivity index (χ3n) is 4.05. The highest BCUT2D eigenvalue weighted by Crippen LogP contribution is 2.41. The molecular weight excluding hydrogens is 242 g/mol. The second-order valence-corrected chi connectivity index (χ2v) is 5.26. The van der Waals surface area contributed by atoms with Crippen LogP contribution in [-0.4, -0.2) is 32.0 Å². The summed E-state index contributed by atoms with van der Waals surface area (Å²) in [4.78, 5) is 0. The fraction of sp³-hybridized carbons (Fsp3) is 0.600. The normalized spacial score (nSPS) is 20.2. The molecule has 1 aliphatic rings. The van der Waals surface area contributed by atoms with Gasteiger partial charge in [0, 0.05) is 32.3 Å². The third-order valence-corrected chi connectivity index (χ3v) is 4.05. The summed E-state index contributed by atoms with van der Waals surface area (Å²) in [5.41, 5.74) is 7.66. The molecule has 0 aromatic heterocycles. The fourth-order valence-electron chi connectivity index (χ4n) is 2.74. The zero-order chi connectivity index (χ0) is 13.7. The van der Waals surface area contributed by atoms with Gasteiger partial charge in [0.05, 0.1) is 12.7 Å². The van der Waals surface area contributed by atoms with E-state index in [-0.39, 0.29) is 5.41 Å². The predicted molar refractivity (Wildman–Crippen MR) is 73.7 cm³/mol. The SMILES string of the molecule is COCc1cccc(C(O)C2(CN)CCOCC2)c1. The van der Waals surface area contributed by atoms with Crippen molar-refractivity contribution in [3.8, 4) is 0 Å². The molecule has 1 unspecified atom stereocenters. The number of benzene rings is 1. The Balaban J connectivity index is 2.21. The van der Waals surface area contributed by atoms with Crippen LogP contribution in [0.4, 0.5) is 0 Å². The van der Waals surface area contributed by atoms with Gasteiger partial charge in [0.25, 0.3) is 0 Å². The van der Waals surface area contributed by atoms with Crippen molar-refractivity contribution in [1.29, 1.82) is 0 Å². The summed E-state index contributed by atoms with van der Waals surface area (Å²) in [6, 6.07) is 7.91. The molecule has 0 amide bonds. The first kappa shape index (κ1) is 14.5. The van der Waals surface area contributed by atoms with Crippen molar-refractivity contribution in [2.45, 2.75) is 25.6 Å². The third kappa shape index (κ3) is 3.15. The van der Waals surface area contributed by atoms with Gasteiger partial charge in [-0.05, 0) is 24.0 Å². The van der Waals surface area contributed by atoms with Crippen molar-refractivity contribution in [3.63, 3.8) is 0 Å². The van der Waals surface area contributed by atoms with Crippen molar-refractivity contribution in [1.82, 2.24) is 0 Å². The van der Waals surface area contributed by atoms with Crippen LogP contribution in [0.5, 0.6) is 0 Å². The lowest BCUT2D eigenvalue weighted by Crippen LogP contribution is -2.41. The number of hydrogen-bond acceptors (Lipinski definition) is 4. The quantitative estimate of drug-likeness (QED) is 0.849. The summed E-state index contributed by atoms with van der Waals surface area (Å²) in [6.07, 6.45) is 1.07. The molecule has 1 fully saturated rings. The lowest BCUT2D eigenvalue weighted by molar-refractivity contribution is -0.0582. The van der Waals surface area contributed by atoms with Crippen molar-refractivity contribution >= 4 is 0 Å². The van der Waals surface area contributed by atoms with Crippen molar-refractivity contribution in [2.24, 2.45) is 11.1 Å². The number of rotatable bonds is 5. The van der Waals surface area contributed by atoms with Crippen LogP contribution in [0.2, 0.25) is 0 Å². The fourth-order valence-corrected chi connectivity index (χ4v) is 2.74. The molecule has 0 spiro atoms. The van der Waals surface area contributed by atoms with Crippen LogP contribution in [0.3, 0.4) is 0 Å². The van der Waals surface area contributed by atoms with E-state index in [0.29, 0.717) is 26.4 Å². The smallest absolute Gasteiger partial charge is 0.0860 e. The molecular formula is C15H23NO3. The maximum Gasteiger partial charge on any atom is 0.0860 e. The molecule has 106 valence electrons. The molecule has 1 aliphatic heterocycles. The number of hydrogen-bond donors (Lipinski definition) is 2. The zero-order valence-electron chi connectivity index (χ0n) is 11.5. The average Bonchev–Trinajstić information content (AvgIpc) is 2.48. The Kier molecular flexibility index (Phi) is 4.93. The number of nitrogens with two attached hydrogens (primary N) is 1. The van der Waals surface area contributed by atoms with Gasteiger partial charge in [-0.1, -0.05) is 24.3 Å². The van der Waals surface area contributed by atoms with E-state index < -0.39 is 6.10 Å². The van der Waals surface area contributed by atoms with Crippen LogP contribution in [0, 0.1) is 5.41 Å². The van der Waals surface area contributed by atoms with E-state index in [1.807, 2.05) is 24.3 Å². The Bertz CT molecular complexity index is 402. The Hall–Kier alpha value is -0.940. The van der Waals surface area contributed by atoms with E-state index in [4.69, 9.17) is 15.2 Å². The van der Waals surface area contributed by atoms with Crippen molar-refractivity contribution < 1.29 is 14.6 Å². The van der Waals surface area contributed by atoms with E-state index in [1.54, 1.807) is 7.11 Å². The lowest BCUT2D eigenvalue weighted by Gasteiger charge is -2.40. The summed E-state index contributed by atoms with van der Waals surface area (Å²) in [5.74, 6) is 0. The minimum atomic E-state index is -0.543. The first-order valence-electron chi connectivity index (χ1n) is 6.75. The molecule has 1 atom stereocenters. The maximum absolute atomic E-state index is 10.7. The van der Waals surface area contributed by atoms with Crippen LogP contribution in [0.15, 0.2) is 24.3 Å². The van der Waals surface area contributed by atoms with Crippen molar-refractivity contribution in [3.05, 3.63) is 35.4 Å². The highest BCUT2D eigenvalue weighted by molar-refractivity contribution is 5.26. The standard InChI is InChI=1S/C15H23NO3/c1-18-10-12-3-2-4-13(9-12)14(17)15(11-16)5-7-19-8-6-15/h2-4,9,14,17H,5-8,10-11,16H2,1H3. The number of aliphatic hydroxyl groups excluding tert-OH is 1. The Morgan fingerprint density at radius 1 is 1.42 bits per heavy atom. The molecule has 0 bridgehead atoms. The Morgan fingerprint density at radius 3 is 2.79 bits per heavy atom. The molecule has 1 saturated heterocycles. The predicted octanol–water partition coefficient (Wildman–Crippen LogP) is 1.62. The Labute approximate surface area is 114 Å². The van der Waals surface area contributed by atoms with Gasteiger partial charge >= 0.3 is 0 Å². The van der Waals surface area contributed by atoms with E-state index in [2.05, 4.69) is 0 Å². The molecule has 2 rings (SSSR count). The number of methoxy groups -OCH3 is 1. The van der Waals surface area contributed by atoms with Crippen molar-refractivity contribution in [2.75, 3.05) is 26.9 Å². The minimum Gasteiger partial charge on any atom is -0.388 e. The van der Waals surface area contributed by atoms with Gasteiger partial charge in [0.2, 0.25) is 0 Å². The molecule has 0 aliphatic carbocycles. The summed E-state index contributed by atoms with van der Waals surface area (Å²) >= 11 is 0. The zero-order valence-corrected chi connectivity index (χ0v) is 11.5. The topological polar surface area (TPSA) is 64.7 Å². The molecule has 0 radical (unpaired) electrons. The first-order valence-corrected chi connectivity index (χ1v) is 6.75. The average molecular weight is 265 g/mol. The Morgan fingerprint density at radius 2 is 2.16 bits per heavy atom. The summed E-state index contributed by atoms with van der Waals surface area (Å²) in [7, 11) is 1.67. The van der Waals surface area contributed by atoms with Crippen LogP contribution in [-0.2, 0) is 16.1 Å². The molecule has 1 heterocycles. The van der Waals surface area contributed by atoms with E-state index in [0.717, 1.165) is 24.0 Å². The maximum atomic E-state index is 10.7. The minimum absolute atomic E-state index is 0.260. The van der Waals surface area contributed by atoms with Crippen LogP contribution in [0.1, 0.15) is 30.1 Å².